The van der Waals surface area contributed by atoms with Crippen molar-refractivity contribution in [1.29, 1.82) is 0 Å². The van der Waals surface area contributed by atoms with Crippen molar-refractivity contribution in [1.82, 2.24) is 10.2 Å². The van der Waals surface area contributed by atoms with Crippen molar-refractivity contribution >= 4 is 39.3 Å². The van der Waals surface area contributed by atoms with Gasteiger partial charge < -0.3 is 15.0 Å². The number of amides is 2. The SMILES string of the molecule is CCOc1ccc(N(CC(=O)N(Cc2ccccc2F)[C@@H](C)C(=O)NC)S(=O)(=O)c2ccc(SC)cc2)cc1. The summed E-state index contributed by atoms with van der Waals surface area (Å²) in [6, 6.07) is 17.6. The van der Waals surface area contributed by atoms with Crippen LogP contribution in [-0.4, -0.2) is 57.6 Å². The molecule has 1 N–H and O–H groups in total. The van der Waals surface area contributed by atoms with E-state index in [2.05, 4.69) is 5.32 Å². The number of hydrogen-bond acceptors (Lipinski definition) is 6. The summed E-state index contributed by atoms with van der Waals surface area (Å²) in [5, 5.41) is 2.50. The molecule has 0 aliphatic heterocycles. The molecule has 0 fully saturated rings. The second-order valence-corrected chi connectivity index (χ2v) is 11.3. The summed E-state index contributed by atoms with van der Waals surface area (Å²) in [4.78, 5) is 28.3. The molecule has 11 heteroatoms. The summed E-state index contributed by atoms with van der Waals surface area (Å²) < 4.78 is 48.7. The molecule has 3 rings (SSSR count). The summed E-state index contributed by atoms with van der Waals surface area (Å²) in [7, 11) is -2.77. The number of ether oxygens (including phenoxy) is 1. The lowest BCUT2D eigenvalue weighted by atomic mass is 10.1. The molecule has 0 aromatic heterocycles. The predicted molar refractivity (Wildman–Crippen MR) is 151 cm³/mol. The topological polar surface area (TPSA) is 96.0 Å². The average molecular weight is 574 g/mol. The molecule has 0 bridgehead atoms. The van der Waals surface area contributed by atoms with Gasteiger partial charge in [0.1, 0.15) is 24.2 Å². The van der Waals surface area contributed by atoms with Crippen LogP contribution >= 0.6 is 11.8 Å². The summed E-state index contributed by atoms with van der Waals surface area (Å²) in [6.45, 7) is 2.94. The molecular weight excluding hydrogens is 541 g/mol. The maximum absolute atomic E-state index is 14.5. The number of rotatable bonds is 12. The first-order valence-corrected chi connectivity index (χ1v) is 14.9. The predicted octanol–water partition coefficient (Wildman–Crippen LogP) is 4.30. The van der Waals surface area contributed by atoms with Crippen LogP contribution in [0.3, 0.4) is 0 Å². The third-order valence-electron chi connectivity index (χ3n) is 6.07. The van der Waals surface area contributed by atoms with Gasteiger partial charge in [-0.05, 0) is 74.7 Å². The number of halogens is 1. The first-order valence-electron chi connectivity index (χ1n) is 12.3. The van der Waals surface area contributed by atoms with Gasteiger partial charge in [0, 0.05) is 24.1 Å². The number of anilines is 1. The average Bonchev–Trinajstić information content (AvgIpc) is 2.95. The van der Waals surface area contributed by atoms with Crippen molar-refractivity contribution in [2.24, 2.45) is 0 Å². The normalized spacial score (nSPS) is 11.9. The first kappa shape index (κ1) is 30.0. The van der Waals surface area contributed by atoms with Gasteiger partial charge in [-0.3, -0.25) is 13.9 Å². The lowest BCUT2D eigenvalue weighted by Gasteiger charge is -2.32. The number of carbonyl (C=O) groups excluding carboxylic acids is 2. The Bertz CT molecular complexity index is 1380. The van der Waals surface area contributed by atoms with Gasteiger partial charge in [-0.15, -0.1) is 11.8 Å². The monoisotopic (exact) mass is 573 g/mol. The fourth-order valence-electron chi connectivity index (χ4n) is 3.88. The second-order valence-electron chi connectivity index (χ2n) is 8.52. The van der Waals surface area contributed by atoms with E-state index in [0.29, 0.717) is 12.4 Å². The lowest BCUT2D eigenvalue weighted by molar-refractivity contribution is -0.139. The number of likely N-dealkylation sites (N-methyl/N-ethyl adjacent to an activating group) is 1. The van der Waals surface area contributed by atoms with Crippen LogP contribution < -0.4 is 14.4 Å². The highest BCUT2D eigenvalue weighted by Gasteiger charge is 2.32. The van der Waals surface area contributed by atoms with E-state index >= 15 is 0 Å². The molecule has 0 aliphatic carbocycles. The Morgan fingerprint density at radius 2 is 1.67 bits per heavy atom. The van der Waals surface area contributed by atoms with Gasteiger partial charge in [-0.2, -0.15) is 0 Å². The molecular formula is C28H32FN3O5S2. The Morgan fingerprint density at radius 1 is 1.03 bits per heavy atom. The molecule has 0 saturated heterocycles. The maximum atomic E-state index is 14.5. The van der Waals surface area contributed by atoms with Crippen molar-refractivity contribution in [3.63, 3.8) is 0 Å². The second kappa shape index (κ2) is 13.5. The molecule has 3 aromatic carbocycles. The van der Waals surface area contributed by atoms with Crippen molar-refractivity contribution in [3.8, 4) is 5.75 Å². The van der Waals surface area contributed by atoms with E-state index < -0.39 is 40.2 Å². The van der Waals surface area contributed by atoms with Crippen LogP contribution in [0.25, 0.3) is 0 Å². The summed E-state index contributed by atoms with van der Waals surface area (Å²) in [5.74, 6) is -1.14. The largest absolute Gasteiger partial charge is 0.494 e. The fraction of sp³-hybridized carbons (Fsp3) is 0.286. The Morgan fingerprint density at radius 3 is 2.23 bits per heavy atom. The van der Waals surface area contributed by atoms with Crippen LogP contribution in [0.5, 0.6) is 5.75 Å². The van der Waals surface area contributed by atoms with Gasteiger partial charge in [-0.25, -0.2) is 12.8 Å². The third kappa shape index (κ3) is 7.30. The van der Waals surface area contributed by atoms with E-state index in [0.717, 1.165) is 9.20 Å². The highest BCUT2D eigenvalue weighted by atomic mass is 32.2. The first-order chi connectivity index (χ1) is 18.6. The summed E-state index contributed by atoms with van der Waals surface area (Å²) >= 11 is 1.47. The molecule has 0 heterocycles. The Balaban J connectivity index is 2.04. The zero-order valence-corrected chi connectivity index (χ0v) is 23.9. The van der Waals surface area contributed by atoms with E-state index in [-0.39, 0.29) is 22.7 Å². The minimum Gasteiger partial charge on any atom is -0.494 e. The van der Waals surface area contributed by atoms with E-state index in [9.17, 15) is 22.4 Å². The van der Waals surface area contributed by atoms with Gasteiger partial charge in [0.15, 0.2) is 0 Å². The van der Waals surface area contributed by atoms with Crippen LogP contribution in [0.1, 0.15) is 19.4 Å². The van der Waals surface area contributed by atoms with Gasteiger partial charge in [0.05, 0.1) is 17.2 Å². The minimum absolute atomic E-state index is 0.00184. The molecule has 2 amide bonds. The molecule has 208 valence electrons. The van der Waals surface area contributed by atoms with E-state index in [1.807, 2.05) is 13.2 Å². The minimum atomic E-state index is -4.20. The van der Waals surface area contributed by atoms with Crippen LogP contribution in [0.15, 0.2) is 82.6 Å². The standard InChI is InChI=1S/C28H32FN3O5S2/c1-5-37-23-12-10-22(11-13-23)32(39(35,36)25-16-14-24(38-4)15-17-25)19-27(33)31(20(2)28(34)30-3)18-21-8-6-7-9-26(21)29/h6-17,20H,5,18-19H2,1-4H3,(H,30,34)/t20-/m0/s1. The van der Waals surface area contributed by atoms with Crippen LogP contribution in [-0.2, 0) is 26.2 Å². The van der Waals surface area contributed by atoms with Crippen molar-refractivity contribution < 1.29 is 27.1 Å². The van der Waals surface area contributed by atoms with Crippen LogP contribution in [0.2, 0.25) is 0 Å². The smallest absolute Gasteiger partial charge is 0.264 e. The summed E-state index contributed by atoms with van der Waals surface area (Å²) in [5.41, 5.74) is 0.434. The number of sulfonamides is 1. The molecule has 0 radical (unpaired) electrons. The van der Waals surface area contributed by atoms with Crippen LogP contribution in [0.4, 0.5) is 10.1 Å². The lowest BCUT2D eigenvalue weighted by Crippen LogP contribution is -2.50. The van der Waals surface area contributed by atoms with Crippen molar-refractivity contribution in [3.05, 3.63) is 84.2 Å². The number of hydrogen-bond donors (Lipinski definition) is 1. The van der Waals surface area contributed by atoms with E-state index in [4.69, 9.17) is 4.74 Å². The number of thioether (sulfide) groups is 1. The Kier molecular flexibility index (Phi) is 10.4. The molecule has 8 nitrogen and oxygen atoms in total. The molecule has 1 atom stereocenters. The van der Waals surface area contributed by atoms with Crippen molar-refractivity contribution in [2.45, 2.75) is 36.2 Å². The molecule has 3 aromatic rings. The highest BCUT2D eigenvalue weighted by molar-refractivity contribution is 7.98. The summed E-state index contributed by atoms with van der Waals surface area (Å²) in [6.07, 6.45) is 1.88. The molecule has 39 heavy (non-hydrogen) atoms. The van der Waals surface area contributed by atoms with Crippen molar-refractivity contribution in [2.75, 3.05) is 30.8 Å². The van der Waals surface area contributed by atoms with E-state index in [1.54, 1.807) is 42.5 Å². The van der Waals surface area contributed by atoms with E-state index in [1.165, 1.54) is 61.0 Å². The molecule has 0 spiro atoms. The highest BCUT2D eigenvalue weighted by Crippen LogP contribution is 2.28. The van der Waals surface area contributed by atoms with Gasteiger partial charge in [0.25, 0.3) is 10.0 Å². The molecule has 0 unspecified atom stereocenters. The quantitative estimate of drug-likeness (QED) is 0.325. The number of nitrogens with one attached hydrogen (secondary N) is 1. The van der Waals surface area contributed by atoms with Gasteiger partial charge >= 0.3 is 0 Å². The van der Waals surface area contributed by atoms with Gasteiger partial charge in [-0.1, -0.05) is 18.2 Å². The fourth-order valence-corrected chi connectivity index (χ4v) is 5.70. The number of benzene rings is 3. The van der Waals surface area contributed by atoms with Crippen LogP contribution in [0, 0.1) is 5.82 Å². The Hall–Kier alpha value is -3.57. The van der Waals surface area contributed by atoms with Gasteiger partial charge in [0.2, 0.25) is 11.8 Å². The number of nitrogens with zero attached hydrogens (tertiary/aromatic N) is 2. The maximum Gasteiger partial charge on any atom is 0.264 e. The molecule has 0 aliphatic rings. The zero-order valence-electron chi connectivity index (χ0n) is 22.3. The number of carbonyl (C=O) groups is 2. The zero-order chi connectivity index (χ0) is 28.6. The third-order valence-corrected chi connectivity index (χ3v) is 8.61. The Labute approximate surface area is 233 Å². The molecule has 0 saturated carbocycles.